The Labute approximate surface area is 279 Å². The number of alkyl carbamates (subject to hydrolysis) is 1. The summed E-state index contributed by atoms with van der Waals surface area (Å²) in [6, 6.07) is 6.69. The van der Waals surface area contributed by atoms with Gasteiger partial charge in [0, 0.05) is 30.9 Å². The Morgan fingerprint density at radius 2 is 1.90 bits per heavy atom. The maximum absolute atomic E-state index is 13.1. The molecule has 13 nitrogen and oxygen atoms in total. The molecule has 5 rings (SSSR count). The summed E-state index contributed by atoms with van der Waals surface area (Å²) in [5, 5.41) is 17.8. The quantitative estimate of drug-likeness (QED) is 0.226. The van der Waals surface area contributed by atoms with Gasteiger partial charge in [-0.15, -0.1) is 0 Å². The molecule has 1 aromatic carbocycles. The van der Waals surface area contributed by atoms with Crippen molar-refractivity contribution in [2.75, 3.05) is 12.4 Å². The minimum atomic E-state index is -1.00. The monoisotopic (exact) mass is 661 g/mol. The van der Waals surface area contributed by atoms with Crippen LogP contribution in [-0.4, -0.2) is 69.8 Å². The maximum atomic E-state index is 13.1. The second-order valence-electron chi connectivity index (χ2n) is 13.4. The lowest BCUT2D eigenvalue weighted by molar-refractivity contribution is -0.125. The minimum Gasteiger partial charge on any atom is -0.490 e. The second-order valence-corrected chi connectivity index (χ2v) is 13.4. The number of ether oxygens (including phenoxy) is 2. The number of nitrogens with one attached hydrogen (secondary N) is 3. The number of carboxylic acid groups (broad SMARTS) is 1. The lowest BCUT2D eigenvalue weighted by atomic mass is 9.93. The van der Waals surface area contributed by atoms with E-state index >= 15 is 0 Å². The first-order valence-electron chi connectivity index (χ1n) is 16.2. The number of hydrogen-bond acceptors (Lipinski definition) is 8. The Morgan fingerprint density at radius 3 is 2.60 bits per heavy atom. The summed E-state index contributed by atoms with van der Waals surface area (Å²) in [7, 11) is 1.70. The number of furan rings is 1. The average Bonchev–Trinajstić information content (AvgIpc) is 3.24. The normalized spacial score (nSPS) is 19.6. The molecular weight excluding hydrogens is 618 g/mol. The van der Waals surface area contributed by atoms with Gasteiger partial charge in [-0.3, -0.25) is 9.59 Å². The predicted molar refractivity (Wildman–Crippen MR) is 179 cm³/mol. The largest absolute Gasteiger partial charge is 0.490 e. The number of aromatic nitrogens is 1. The van der Waals surface area contributed by atoms with Crippen LogP contribution in [0.4, 0.5) is 15.4 Å². The molecule has 3 heterocycles. The molecule has 0 saturated heterocycles. The molecule has 0 spiro atoms. The fourth-order valence-electron chi connectivity index (χ4n) is 5.98. The van der Waals surface area contributed by atoms with Gasteiger partial charge >= 0.3 is 12.2 Å². The van der Waals surface area contributed by atoms with E-state index in [2.05, 4.69) is 20.9 Å². The van der Waals surface area contributed by atoms with Crippen LogP contribution in [0.1, 0.15) is 75.3 Å². The van der Waals surface area contributed by atoms with Crippen LogP contribution >= 0.6 is 0 Å². The van der Waals surface area contributed by atoms with Crippen LogP contribution < -0.4 is 20.7 Å². The van der Waals surface area contributed by atoms with E-state index in [0.717, 1.165) is 42.2 Å². The van der Waals surface area contributed by atoms with Gasteiger partial charge in [0.25, 0.3) is 0 Å². The molecule has 4 amide bonds. The van der Waals surface area contributed by atoms with Crippen molar-refractivity contribution in [2.24, 2.45) is 0 Å². The summed E-state index contributed by atoms with van der Waals surface area (Å²) in [4.78, 5) is 54.9. The van der Waals surface area contributed by atoms with Crippen molar-refractivity contribution in [3.05, 3.63) is 59.0 Å². The number of aryl methyl sites for hydroxylation is 2. The van der Waals surface area contributed by atoms with Crippen molar-refractivity contribution < 1.29 is 38.2 Å². The number of hydrogen-bond donors (Lipinski definition) is 4. The van der Waals surface area contributed by atoms with Gasteiger partial charge in [0.2, 0.25) is 11.8 Å². The van der Waals surface area contributed by atoms with Gasteiger partial charge in [-0.2, -0.15) is 0 Å². The summed E-state index contributed by atoms with van der Waals surface area (Å²) in [6.07, 6.45) is 6.80. The summed E-state index contributed by atoms with van der Waals surface area (Å²) in [5.74, 6) is 1.17. The van der Waals surface area contributed by atoms with E-state index in [1.165, 1.54) is 6.08 Å². The van der Waals surface area contributed by atoms with Crippen LogP contribution in [0.25, 0.3) is 17.0 Å². The lowest BCUT2D eigenvalue weighted by Crippen LogP contribution is -2.45. The molecule has 1 saturated carbocycles. The van der Waals surface area contributed by atoms with Crippen LogP contribution in [0.15, 0.2) is 41.0 Å². The zero-order valence-electron chi connectivity index (χ0n) is 27.9. The Kier molecular flexibility index (Phi) is 10.3. The number of carbonyl (C=O) groups is 4. The molecule has 2 aromatic heterocycles. The number of likely N-dealkylation sites (N-methyl/N-ethyl adjacent to an activating group) is 1. The topological polar surface area (TPSA) is 172 Å². The molecule has 3 aromatic rings. The molecule has 256 valence electrons. The van der Waals surface area contributed by atoms with E-state index in [9.17, 15) is 19.2 Å². The van der Waals surface area contributed by atoms with Crippen LogP contribution in [0.2, 0.25) is 0 Å². The highest BCUT2D eigenvalue weighted by Crippen LogP contribution is 2.36. The van der Waals surface area contributed by atoms with Gasteiger partial charge in [0.05, 0.1) is 18.0 Å². The number of nitrogens with zero attached hydrogens (tertiary/aromatic N) is 2. The van der Waals surface area contributed by atoms with Crippen LogP contribution in [0, 0.1) is 6.92 Å². The number of benzene rings is 1. The van der Waals surface area contributed by atoms with E-state index in [-0.39, 0.29) is 30.5 Å². The molecule has 4 N–H and O–H groups in total. The van der Waals surface area contributed by atoms with Crippen molar-refractivity contribution in [3.63, 3.8) is 0 Å². The predicted octanol–water partition coefficient (Wildman–Crippen LogP) is 5.54. The molecule has 0 radical (unpaired) electrons. The van der Waals surface area contributed by atoms with Crippen LogP contribution in [0.3, 0.4) is 0 Å². The number of amides is 4. The number of fused-ring (bicyclic) bond motifs is 2. The molecule has 13 heteroatoms. The highest BCUT2D eigenvalue weighted by atomic mass is 16.6. The second kappa shape index (κ2) is 14.4. The third-order valence-corrected chi connectivity index (χ3v) is 8.42. The first-order chi connectivity index (χ1) is 22.8. The minimum absolute atomic E-state index is 0.0244. The first-order valence-corrected chi connectivity index (χ1v) is 16.2. The Morgan fingerprint density at radius 1 is 1.15 bits per heavy atom. The van der Waals surface area contributed by atoms with Gasteiger partial charge in [-0.25, -0.2) is 14.6 Å². The van der Waals surface area contributed by atoms with Crippen molar-refractivity contribution in [3.8, 4) is 5.75 Å². The fourth-order valence-corrected chi connectivity index (χ4v) is 5.98. The van der Waals surface area contributed by atoms with E-state index in [4.69, 9.17) is 19.0 Å². The summed E-state index contributed by atoms with van der Waals surface area (Å²) >= 11 is 0. The van der Waals surface area contributed by atoms with Crippen LogP contribution in [-0.2, 0) is 27.3 Å². The van der Waals surface area contributed by atoms with E-state index in [0.29, 0.717) is 41.3 Å². The van der Waals surface area contributed by atoms with E-state index < -0.39 is 23.8 Å². The van der Waals surface area contributed by atoms with Gasteiger partial charge in [0.1, 0.15) is 34.6 Å². The molecule has 1 atom stereocenters. The van der Waals surface area contributed by atoms with Gasteiger partial charge in [-0.05, 0) is 102 Å². The zero-order chi connectivity index (χ0) is 34.6. The smallest absolute Gasteiger partial charge is 0.408 e. The lowest BCUT2D eigenvalue weighted by Gasteiger charge is -2.29. The van der Waals surface area contributed by atoms with E-state index in [1.807, 2.05) is 31.2 Å². The molecule has 48 heavy (non-hydrogen) atoms. The number of pyridine rings is 1. The summed E-state index contributed by atoms with van der Waals surface area (Å²) in [6.45, 7) is 7.45. The SMILES string of the molecule is Cc1c(CN(C)C(=O)/C=C/c2cnc3c(c2)CC[C@H](NC(=O)OC(C)(C)C)C(=O)N3)oc2cccc(OC3CCC(NC(=O)O)CC3)c12. The average molecular weight is 662 g/mol. The maximum Gasteiger partial charge on any atom is 0.408 e. The van der Waals surface area contributed by atoms with Crippen molar-refractivity contribution in [1.82, 2.24) is 20.5 Å². The molecular formula is C35H43N5O8. The summed E-state index contributed by atoms with van der Waals surface area (Å²) in [5.41, 5.74) is 2.36. The molecule has 1 aliphatic heterocycles. The molecule has 2 aliphatic rings. The number of rotatable bonds is 8. The highest BCUT2D eigenvalue weighted by Gasteiger charge is 2.28. The number of anilines is 1. The van der Waals surface area contributed by atoms with Crippen molar-refractivity contribution in [2.45, 2.75) is 96.6 Å². The standard InChI is InChI=1S/C35H43N5O8/c1-20-28(47-27-8-6-7-26(30(20)27)46-24-13-11-23(12-14-24)37-33(43)44)19-40(5)29(41)16-9-21-17-22-10-15-25(32(42)39-31(22)36-18-21)38-34(45)48-35(2,3)4/h6-9,16-18,23-25,37H,10-15,19H2,1-5H3,(H,38,45)(H,43,44)(H,36,39,42)/b16-9+/t23?,24?,25-/m0/s1. The molecule has 1 aliphatic carbocycles. The Balaban J connectivity index is 1.19. The third-order valence-electron chi connectivity index (χ3n) is 8.42. The summed E-state index contributed by atoms with van der Waals surface area (Å²) < 4.78 is 17.8. The third kappa shape index (κ3) is 8.64. The molecule has 1 fully saturated rings. The fraction of sp³-hybridized carbons (Fsp3) is 0.457. The van der Waals surface area contributed by atoms with Gasteiger partial charge in [0.15, 0.2) is 0 Å². The highest BCUT2D eigenvalue weighted by molar-refractivity contribution is 5.97. The van der Waals surface area contributed by atoms with Gasteiger partial charge in [-0.1, -0.05) is 6.07 Å². The van der Waals surface area contributed by atoms with Crippen LogP contribution in [0.5, 0.6) is 5.75 Å². The first kappa shape index (κ1) is 34.3. The number of carbonyl (C=O) groups excluding carboxylic acids is 3. The van der Waals surface area contributed by atoms with Crippen molar-refractivity contribution >= 4 is 46.9 Å². The molecule has 0 unspecified atom stereocenters. The van der Waals surface area contributed by atoms with E-state index in [1.54, 1.807) is 45.0 Å². The molecule has 0 bridgehead atoms. The van der Waals surface area contributed by atoms with Gasteiger partial charge < -0.3 is 39.8 Å². The Hall–Kier alpha value is -5.07. The Bertz CT molecular complexity index is 1720. The van der Waals surface area contributed by atoms with Crippen molar-refractivity contribution in [1.29, 1.82) is 0 Å². The zero-order valence-corrected chi connectivity index (χ0v) is 27.9.